The fourth-order valence-corrected chi connectivity index (χ4v) is 5.80. The number of hydrogen-bond donors (Lipinski definition) is 0. The first-order valence-electron chi connectivity index (χ1n) is 11.2. The first-order chi connectivity index (χ1) is 15.0. The Morgan fingerprint density at radius 2 is 1.77 bits per heavy atom. The van der Waals surface area contributed by atoms with Crippen LogP contribution in [-0.4, -0.2) is 85.3 Å². The van der Waals surface area contributed by atoms with Crippen molar-refractivity contribution in [3.05, 3.63) is 23.8 Å². The maximum atomic E-state index is 13.1. The van der Waals surface area contributed by atoms with Crippen LogP contribution in [0, 0.1) is 5.92 Å². The van der Waals surface area contributed by atoms with Crippen molar-refractivity contribution < 1.29 is 19.1 Å². The Bertz CT molecular complexity index is 808. The summed E-state index contributed by atoms with van der Waals surface area (Å²) in [6, 6.07) is 5.92. The van der Waals surface area contributed by atoms with Crippen LogP contribution < -0.4 is 9.47 Å². The van der Waals surface area contributed by atoms with Crippen LogP contribution in [0.15, 0.2) is 18.2 Å². The first kappa shape index (κ1) is 22.3. The maximum Gasteiger partial charge on any atom is 0.236 e. The highest BCUT2D eigenvalue weighted by atomic mass is 32.2. The summed E-state index contributed by atoms with van der Waals surface area (Å²) < 4.78 is 10.8. The van der Waals surface area contributed by atoms with E-state index in [2.05, 4.69) is 11.8 Å². The number of hydrogen-bond acceptors (Lipinski definition) is 6. The Morgan fingerprint density at radius 3 is 2.39 bits per heavy atom. The van der Waals surface area contributed by atoms with Crippen molar-refractivity contribution in [3.63, 3.8) is 0 Å². The van der Waals surface area contributed by atoms with Crippen LogP contribution in [-0.2, 0) is 9.59 Å². The molecule has 4 rings (SSSR count). The monoisotopic (exact) mass is 447 g/mol. The number of carbonyl (C=O) groups excluding carboxylic acids is 2. The minimum atomic E-state index is -0.0185. The van der Waals surface area contributed by atoms with E-state index in [1.54, 1.807) is 26.0 Å². The van der Waals surface area contributed by atoms with Crippen LogP contribution in [0.2, 0.25) is 0 Å². The molecular formula is C23H33N3O4S. The molecule has 0 bridgehead atoms. The zero-order valence-electron chi connectivity index (χ0n) is 18.7. The summed E-state index contributed by atoms with van der Waals surface area (Å²) in [6.45, 7) is 6.96. The molecule has 2 amide bonds. The largest absolute Gasteiger partial charge is 0.493 e. The fraction of sp³-hybridized carbons (Fsp3) is 0.652. The van der Waals surface area contributed by atoms with Gasteiger partial charge < -0.3 is 19.3 Å². The van der Waals surface area contributed by atoms with E-state index in [-0.39, 0.29) is 16.5 Å². The third kappa shape index (κ3) is 4.80. The van der Waals surface area contributed by atoms with Crippen molar-refractivity contribution in [3.8, 4) is 11.5 Å². The highest BCUT2D eigenvalue weighted by Gasteiger charge is 2.40. The minimum Gasteiger partial charge on any atom is -0.493 e. The second-order valence-corrected chi connectivity index (χ2v) is 9.76. The molecule has 2 aliphatic heterocycles. The van der Waals surface area contributed by atoms with Gasteiger partial charge in [0.05, 0.1) is 19.5 Å². The van der Waals surface area contributed by atoms with E-state index in [1.165, 1.54) is 0 Å². The van der Waals surface area contributed by atoms with Gasteiger partial charge in [-0.1, -0.05) is 13.0 Å². The van der Waals surface area contributed by atoms with Gasteiger partial charge in [0.2, 0.25) is 11.8 Å². The molecule has 0 aromatic heterocycles. The minimum absolute atomic E-state index is 0.00823. The van der Waals surface area contributed by atoms with Gasteiger partial charge in [-0.3, -0.25) is 14.5 Å². The second kappa shape index (κ2) is 9.69. The average molecular weight is 448 g/mol. The number of benzene rings is 1. The van der Waals surface area contributed by atoms with E-state index in [4.69, 9.17) is 9.47 Å². The standard InChI is InChI=1S/C23H33N3O4S/c1-4-20-22(28)26(23(31-20)17-7-8-18(29-2)19(15-17)30-3)14-11-24-9-12-25(13-10-24)21(27)16-5-6-16/h7-8,15-16,20,23H,4-6,9-14H2,1-3H3. The highest BCUT2D eigenvalue weighted by molar-refractivity contribution is 8.01. The van der Waals surface area contributed by atoms with Crippen molar-refractivity contribution in [1.29, 1.82) is 0 Å². The predicted molar refractivity (Wildman–Crippen MR) is 121 cm³/mol. The van der Waals surface area contributed by atoms with Gasteiger partial charge in [-0.05, 0) is 37.0 Å². The third-order valence-electron chi connectivity index (χ3n) is 6.47. The second-order valence-electron chi connectivity index (χ2n) is 8.47. The topological polar surface area (TPSA) is 62.3 Å². The van der Waals surface area contributed by atoms with Gasteiger partial charge in [0.1, 0.15) is 5.37 Å². The summed E-state index contributed by atoms with van der Waals surface area (Å²) in [5, 5.41) is -0.0268. The van der Waals surface area contributed by atoms with E-state index in [1.807, 2.05) is 28.0 Å². The van der Waals surface area contributed by atoms with E-state index in [0.717, 1.165) is 57.5 Å². The van der Waals surface area contributed by atoms with Crippen LogP contribution in [0.3, 0.4) is 0 Å². The van der Waals surface area contributed by atoms with Gasteiger partial charge >= 0.3 is 0 Å². The van der Waals surface area contributed by atoms with Crippen LogP contribution in [0.4, 0.5) is 0 Å². The smallest absolute Gasteiger partial charge is 0.236 e. The lowest BCUT2D eigenvalue weighted by Gasteiger charge is -2.36. The van der Waals surface area contributed by atoms with Crippen LogP contribution in [0.25, 0.3) is 0 Å². The van der Waals surface area contributed by atoms with Gasteiger partial charge in [0.25, 0.3) is 0 Å². The Balaban J connectivity index is 1.39. The zero-order valence-corrected chi connectivity index (χ0v) is 19.5. The number of amides is 2. The summed E-state index contributed by atoms with van der Waals surface area (Å²) in [5.74, 6) is 2.22. The lowest BCUT2D eigenvalue weighted by Crippen LogP contribution is -2.51. The van der Waals surface area contributed by atoms with Crippen molar-refractivity contribution in [2.24, 2.45) is 5.92 Å². The van der Waals surface area contributed by atoms with E-state index < -0.39 is 0 Å². The van der Waals surface area contributed by atoms with Crippen LogP contribution >= 0.6 is 11.8 Å². The summed E-state index contributed by atoms with van der Waals surface area (Å²) in [7, 11) is 3.26. The SMILES string of the molecule is CCC1SC(c2ccc(OC)c(OC)c2)N(CCN2CCN(C(=O)C3CC3)CC2)C1=O. The summed E-state index contributed by atoms with van der Waals surface area (Å²) in [5.41, 5.74) is 1.06. The Labute approximate surface area is 189 Å². The molecule has 0 radical (unpaired) electrons. The molecule has 1 aromatic carbocycles. The molecule has 31 heavy (non-hydrogen) atoms. The normalized spacial score (nSPS) is 24.5. The number of rotatable bonds is 8. The molecule has 3 fully saturated rings. The average Bonchev–Trinajstić information content (AvgIpc) is 3.61. The molecule has 170 valence electrons. The number of carbonyl (C=O) groups is 2. The maximum absolute atomic E-state index is 13.1. The summed E-state index contributed by atoms with van der Waals surface area (Å²) in [6.07, 6.45) is 2.94. The number of thioether (sulfide) groups is 1. The summed E-state index contributed by atoms with van der Waals surface area (Å²) in [4.78, 5) is 31.8. The van der Waals surface area contributed by atoms with Crippen molar-refractivity contribution in [2.45, 2.75) is 36.8 Å². The van der Waals surface area contributed by atoms with Gasteiger partial charge in [0.15, 0.2) is 11.5 Å². The lowest BCUT2D eigenvalue weighted by molar-refractivity contribution is -0.134. The Morgan fingerprint density at radius 1 is 1.06 bits per heavy atom. The van der Waals surface area contributed by atoms with Crippen molar-refractivity contribution in [1.82, 2.24) is 14.7 Å². The number of piperazine rings is 1. The van der Waals surface area contributed by atoms with Gasteiger partial charge in [-0.25, -0.2) is 0 Å². The van der Waals surface area contributed by atoms with Crippen LogP contribution in [0.1, 0.15) is 37.1 Å². The van der Waals surface area contributed by atoms with Crippen molar-refractivity contribution in [2.75, 3.05) is 53.5 Å². The zero-order chi connectivity index (χ0) is 22.0. The van der Waals surface area contributed by atoms with Gasteiger partial charge in [-0.15, -0.1) is 11.8 Å². The van der Waals surface area contributed by atoms with E-state index in [0.29, 0.717) is 29.9 Å². The summed E-state index contributed by atoms with van der Waals surface area (Å²) >= 11 is 1.72. The molecule has 0 N–H and O–H groups in total. The molecule has 2 unspecified atom stereocenters. The molecule has 2 heterocycles. The molecule has 0 spiro atoms. The number of methoxy groups -OCH3 is 2. The third-order valence-corrected chi connectivity index (χ3v) is 8.11. The Hall–Kier alpha value is -1.93. The molecule has 1 aromatic rings. The molecule has 7 nitrogen and oxygen atoms in total. The van der Waals surface area contributed by atoms with Gasteiger partial charge in [-0.2, -0.15) is 0 Å². The first-order valence-corrected chi connectivity index (χ1v) is 12.2. The van der Waals surface area contributed by atoms with E-state index in [9.17, 15) is 9.59 Å². The number of ether oxygens (including phenoxy) is 2. The highest BCUT2D eigenvalue weighted by Crippen LogP contribution is 2.45. The molecule has 2 saturated heterocycles. The van der Waals surface area contributed by atoms with E-state index >= 15 is 0 Å². The molecule has 3 aliphatic rings. The molecule has 1 aliphatic carbocycles. The molecule has 2 atom stereocenters. The predicted octanol–water partition coefficient (Wildman–Crippen LogP) is 2.61. The quantitative estimate of drug-likeness (QED) is 0.611. The van der Waals surface area contributed by atoms with Crippen LogP contribution in [0.5, 0.6) is 11.5 Å². The fourth-order valence-electron chi connectivity index (χ4n) is 4.38. The lowest BCUT2D eigenvalue weighted by atomic mass is 10.1. The van der Waals surface area contributed by atoms with Gasteiger partial charge in [0, 0.05) is 45.2 Å². The van der Waals surface area contributed by atoms with Crippen molar-refractivity contribution >= 4 is 23.6 Å². The molecule has 8 heteroatoms. The molecule has 1 saturated carbocycles. The Kier molecular flexibility index (Phi) is 6.96. The number of nitrogens with zero attached hydrogens (tertiary/aromatic N) is 3. The molecular weight excluding hydrogens is 414 g/mol.